The van der Waals surface area contributed by atoms with Crippen LogP contribution in [0.25, 0.3) is 0 Å². The van der Waals surface area contributed by atoms with Crippen molar-refractivity contribution in [3.05, 3.63) is 23.8 Å². The predicted octanol–water partition coefficient (Wildman–Crippen LogP) is 2.20. The van der Waals surface area contributed by atoms with Crippen LogP contribution in [-0.4, -0.2) is 18.6 Å². The second-order valence-electron chi connectivity index (χ2n) is 4.55. The molecule has 0 bridgehead atoms. The molecule has 0 aromatic heterocycles. The number of amides is 1. The SMILES string of the molecule is CCC(C)(C)Oc1ccc(C(=O)NC)cc1N. The molecule has 17 heavy (non-hydrogen) atoms. The van der Waals surface area contributed by atoms with E-state index in [4.69, 9.17) is 10.5 Å². The highest BCUT2D eigenvalue weighted by Gasteiger charge is 2.18. The summed E-state index contributed by atoms with van der Waals surface area (Å²) >= 11 is 0. The monoisotopic (exact) mass is 236 g/mol. The minimum Gasteiger partial charge on any atom is -0.486 e. The van der Waals surface area contributed by atoms with Crippen molar-refractivity contribution < 1.29 is 9.53 Å². The van der Waals surface area contributed by atoms with E-state index < -0.39 is 0 Å². The highest BCUT2D eigenvalue weighted by molar-refractivity contribution is 5.95. The molecule has 1 rings (SSSR count). The van der Waals surface area contributed by atoms with Gasteiger partial charge in [0.25, 0.3) is 5.91 Å². The number of nitrogens with one attached hydrogen (secondary N) is 1. The molecular formula is C13H20N2O2. The number of hydrogen-bond donors (Lipinski definition) is 2. The Morgan fingerprint density at radius 3 is 2.59 bits per heavy atom. The molecule has 94 valence electrons. The fourth-order valence-corrected chi connectivity index (χ4v) is 1.30. The van der Waals surface area contributed by atoms with Crippen molar-refractivity contribution in [2.75, 3.05) is 12.8 Å². The molecular weight excluding hydrogens is 216 g/mol. The topological polar surface area (TPSA) is 64.3 Å². The largest absolute Gasteiger partial charge is 0.486 e. The van der Waals surface area contributed by atoms with Crippen molar-refractivity contribution in [1.29, 1.82) is 0 Å². The minimum absolute atomic E-state index is 0.155. The van der Waals surface area contributed by atoms with Crippen LogP contribution in [0.3, 0.4) is 0 Å². The number of carbonyl (C=O) groups is 1. The summed E-state index contributed by atoms with van der Waals surface area (Å²) in [6.45, 7) is 6.05. The summed E-state index contributed by atoms with van der Waals surface area (Å²) in [6, 6.07) is 5.06. The van der Waals surface area contributed by atoms with Gasteiger partial charge in [-0.1, -0.05) is 6.92 Å². The van der Waals surface area contributed by atoms with Crippen LogP contribution < -0.4 is 15.8 Å². The van der Waals surface area contributed by atoms with Gasteiger partial charge in [0.1, 0.15) is 11.4 Å². The van der Waals surface area contributed by atoms with Crippen LogP contribution in [0.4, 0.5) is 5.69 Å². The number of benzene rings is 1. The number of rotatable bonds is 4. The average Bonchev–Trinajstić information content (AvgIpc) is 2.30. The molecule has 0 fully saturated rings. The molecule has 0 saturated carbocycles. The molecule has 0 heterocycles. The number of nitrogen functional groups attached to an aromatic ring is 1. The summed E-state index contributed by atoms with van der Waals surface area (Å²) in [6.07, 6.45) is 0.879. The predicted molar refractivity (Wildman–Crippen MR) is 69.2 cm³/mol. The smallest absolute Gasteiger partial charge is 0.251 e. The van der Waals surface area contributed by atoms with Crippen LogP contribution in [0.5, 0.6) is 5.75 Å². The third kappa shape index (κ3) is 3.37. The molecule has 0 aliphatic heterocycles. The average molecular weight is 236 g/mol. The van der Waals surface area contributed by atoms with Gasteiger partial charge in [0, 0.05) is 12.6 Å². The maximum atomic E-state index is 11.4. The zero-order valence-corrected chi connectivity index (χ0v) is 10.8. The summed E-state index contributed by atoms with van der Waals surface area (Å²) < 4.78 is 5.79. The van der Waals surface area contributed by atoms with Crippen molar-refractivity contribution in [3.8, 4) is 5.75 Å². The molecule has 3 N–H and O–H groups in total. The van der Waals surface area contributed by atoms with Gasteiger partial charge < -0.3 is 15.8 Å². The molecule has 1 amide bonds. The maximum Gasteiger partial charge on any atom is 0.251 e. The van der Waals surface area contributed by atoms with E-state index in [9.17, 15) is 4.79 Å². The number of anilines is 1. The summed E-state index contributed by atoms with van der Waals surface area (Å²) in [5.41, 5.74) is 6.62. The lowest BCUT2D eigenvalue weighted by atomic mass is 10.1. The fraction of sp³-hybridized carbons (Fsp3) is 0.462. The number of ether oxygens (including phenoxy) is 1. The first kappa shape index (κ1) is 13.4. The van der Waals surface area contributed by atoms with E-state index in [1.54, 1.807) is 25.2 Å². The molecule has 0 aliphatic carbocycles. The van der Waals surface area contributed by atoms with Crippen molar-refractivity contribution in [2.24, 2.45) is 0 Å². The molecule has 4 heteroatoms. The molecule has 1 aromatic carbocycles. The van der Waals surface area contributed by atoms with Crippen molar-refractivity contribution >= 4 is 11.6 Å². The number of hydrogen-bond acceptors (Lipinski definition) is 3. The van der Waals surface area contributed by atoms with Gasteiger partial charge in [-0.25, -0.2) is 0 Å². The Balaban J connectivity index is 2.94. The minimum atomic E-state index is -0.261. The molecule has 0 atom stereocenters. The molecule has 0 saturated heterocycles. The highest BCUT2D eigenvalue weighted by atomic mass is 16.5. The molecule has 0 radical (unpaired) electrons. The first-order valence-corrected chi connectivity index (χ1v) is 5.70. The third-order valence-electron chi connectivity index (χ3n) is 2.74. The van der Waals surface area contributed by atoms with E-state index in [-0.39, 0.29) is 11.5 Å². The van der Waals surface area contributed by atoms with Crippen molar-refractivity contribution in [2.45, 2.75) is 32.8 Å². The van der Waals surface area contributed by atoms with Gasteiger partial charge in [-0.05, 0) is 38.5 Å². The van der Waals surface area contributed by atoms with Crippen LogP contribution >= 0.6 is 0 Å². The first-order chi connectivity index (χ1) is 7.89. The lowest BCUT2D eigenvalue weighted by Gasteiger charge is -2.25. The Labute approximate surface area is 102 Å². The Morgan fingerprint density at radius 2 is 2.12 bits per heavy atom. The van der Waals surface area contributed by atoms with Gasteiger partial charge in [-0.3, -0.25) is 4.79 Å². The third-order valence-corrected chi connectivity index (χ3v) is 2.74. The van der Waals surface area contributed by atoms with Crippen molar-refractivity contribution in [1.82, 2.24) is 5.32 Å². The zero-order valence-electron chi connectivity index (χ0n) is 10.8. The van der Waals surface area contributed by atoms with Gasteiger partial charge in [0.05, 0.1) is 5.69 Å². The fourth-order valence-electron chi connectivity index (χ4n) is 1.30. The molecule has 0 aliphatic rings. The van der Waals surface area contributed by atoms with E-state index in [2.05, 4.69) is 12.2 Å². The van der Waals surface area contributed by atoms with Gasteiger partial charge in [-0.15, -0.1) is 0 Å². The summed E-state index contributed by atoms with van der Waals surface area (Å²) in [5.74, 6) is 0.461. The van der Waals surface area contributed by atoms with Crippen LogP contribution in [0.15, 0.2) is 18.2 Å². The van der Waals surface area contributed by atoms with Gasteiger partial charge in [-0.2, -0.15) is 0 Å². The second kappa shape index (κ2) is 5.08. The summed E-state index contributed by atoms with van der Waals surface area (Å²) in [4.78, 5) is 11.4. The van der Waals surface area contributed by atoms with Crippen LogP contribution in [-0.2, 0) is 0 Å². The number of carbonyl (C=O) groups excluding carboxylic acids is 1. The van der Waals surface area contributed by atoms with Gasteiger partial charge in [0.15, 0.2) is 0 Å². The molecule has 0 spiro atoms. The quantitative estimate of drug-likeness (QED) is 0.788. The highest BCUT2D eigenvalue weighted by Crippen LogP contribution is 2.27. The number of nitrogens with two attached hydrogens (primary N) is 1. The maximum absolute atomic E-state index is 11.4. The molecule has 1 aromatic rings. The Kier molecular flexibility index (Phi) is 3.99. The van der Waals surface area contributed by atoms with E-state index in [1.807, 2.05) is 13.8 Å². The van der Waals surface area contributed by atoms with Crippen LogP contribution in [0.2, 0.25) is 0 Å². The summed E-state index contributed by atoms with van der Waals surface area (Å²) in [5, 5.41) is 2.55. The van der Waals surface area contributed by atoms with Crippen LogP contribution in [0, 0.1) is 0 Å². The van der Waals surface area contributed by atoms with E-state index >= 15 is 0 Å². The molecule has 0 unspecified atom stereocenters. The zero-order chi connectivity index (χ0) is 13.1. The normalized spacial score (nSPS) is 11.1. The Hall–Kier alpha value is -1.71. The lowest BCUT2D eigenvalue weighted by Crippen LogP contribution is -2.27. The lowest BCUT2D eigenvalue weighted by molar-refractivity contribution is 0.0962. The second-order valence-corrected chi connectivity index (χ2v) is 4.55. The van der Waals surface area contributed by atoms with E-state index in [0.717, 1.165) is 6.42 Å². The van der Waals surface area contributed by atoms with Gasteiger partial charge in [0.2, 0.25) is 0 Å². The summed E-state index contributed by atoms with van der Waals surface area (Å²) in [7, 11) is 1.59. The Bertz CT molecular complexity index is 414. The first-order valence-electron chi connectivity index (χ1n) is 5.70. The van der Waals surface area contributed by atoms with Gasteiger partial charge >= 0.3 is 0 Å². The van der Waals surface area contributed by atoms with Crippen LogP contribution in [0.1, 0.15) is 37.6 Å². The molecule has 4 nitrogen and oxygen atoms in total. The standard InChI is InChI=1S/C13H20N2O2/c1-5-13(2,3)17-11-7-6-9(8-10(11)14)12(16)15-4/h6-8H,5,14H2,1-4H3,(H,15,16). The van der Waals surface area contributed by atoms with Crippen molar-refractivity contribution in [3.63, 3.8) is 0 Å². The Morgan fingerprint density at radius 1 is 1.47 bits per heavy atom. The van der Waals surface area contributed by atoms with E-state index in [0.29, 0.717) is 17.0 Å². The van der Waals surface area contributed by atoms with E-state index in [1.165, 1.54) is 0 Å².